The van der Waals surface area contributed by atoms with Crippen molar-refractivity contribution in [3.63, 3.8) is 0 Å². The summed E-state index contributed by atoms with van der Waals surface area (Å²) in [5.74, 6) is 1.14. The van der Waals surface area contributed by atoms with E-state index in [0.717, 1.165) is 6.54 Å². The third-order valence-corrected chi connectivity index (χ3v) is 2.56. The molecule has 0 saturated heterocycles. The SMILES string of the molecule is CCNc1cc(NCC(O)C(N)=O)nc(C(C)(C)C)n1. The first kappa shape index (κ1) is 16.2. The summed E-state index contributed by atoms with van der Waals surface area (Å²) in [6, 6.07) is 1.73. The molecule has 0 aliphatic rings. The Morgan fingerprint density at radius 3 is 2.35 bits per heavy atom. The fourth-order valence-electron chi connectivity index (χ4n) is 1.45. The minimum absolute atomic E-state index is 0.0154. The van der Waals surface area contributed by atoms with Crippen LogP contribution in [-0.4, -0.2) is 40.2 Å². The predicted molar refractivity (Wildman–Crippen MR) is 78.6 cm³/mol. The second-order valence-corrected chi connectivity index (χ2v) is 5.54. The first-order valence-corrected chi connectivity index (χ1v) is 6.58. The van der Waals surface area contributed by atoms with Gasteiger partial charge in [0.05, 0.1) is 6.54 Å². The summed E-state index contributed by atoms with van der Waals surface area (Å²) < 4.78 is 0. The molecule has 1 atom stereocenters. The van der Waals surface area contributed by atoms with Gasteiger partial charge < -0.3 is 21.5 Å². The maximum Gasteiger partial charge on any atom is 0.248 e. The van der Waals surface area contributed by atoms with Crippen LogP contribution in [-0.2, 0) is 10.2 Å². The van der Waals surface area contributed by atoms with Crippen LogP contribution in [0.3, 0.4) is 0 Å². The molecule has 20 heavy (non-hydrogen) atoms. The Hall–Kier alpha value is -1.89. The lowest BCUT2D eigenvalue weighted by Crippen LogP contribution is -2.34. The molecule has 0 aliphatic carbocycles. The van der Waals surface area contributed by atoms with Gasteiger partial charge in [0.2, 0.25) is 5.91 Å². The predicted octanol–water partition coefficient (Wildman–Crippen LogP) is 0.464. The van der Waals surface area contributed by atoms with E-state index in [1.807, 2.05) is 27.7 Å². The maximum absolute atomic E-state index is 10.8. The summed E-state index contributed by atoms with van der Waals surface area (Å²) in [6.45, 7) is 8.77. The molecule has 1 heterocycles. The zero-order chi connectivity index (χ0) is 15.3. The number of rotatable bonds is 6. The third kappa shape index (κ3) is 4.65. The molecule has 0 bridgehead atoms. The lowest BCUT2D eigenvalue weighted by molar-refractivity contribution is -0.125. The van der Waals surface area contributed by atoms with Crippen molar-refractivity contribution in [2.24, 2.45) is 5.73 Å². The quantitative estimate of drug-likeness (QED) is 0.602. The van der Waals surface area contributed by atoms with Gasteiger partial charge in [0.1, 0.15) is 23.6 Å². The van der Waals surface area contributed by atoms with Gasteiger partial charge in [0, 0.05) is 18.0 Å². The van der Waals surface area contributed by atoms with Crippen molar-refractivity contribution < 1.29 is 9.90 Å². The molecular weight excluding hydrogens is 258 g/mol. The number of carbonyl (C=O) groups excluding carboxylic acids is 1. The molecule has 0 spiro atoms. The van der Waals surface area contributed by atoms with Crippen LogP contribution >= 0.6 is 0 Å². The standard InChI is InChI=1S/C13H23N5O2/c1-5-15-9-6-10(16-7-8(19)11(14)20)18-12(17-9)13(2,3)4/h6,8,19H,5,7H2,1-4H3,(H2,14,20)(H2,15,16,17,18). The van der Waals surface area contributed by atoms with E-state index in [2.05, 4.69) is 20.6 Å². The molecule has 1 amide bonds. The van der Waals surface area contributed by atoms with Crippen molar-refractivity contribution in [1.29, 1.82) is 0 Å². The second-order valence-electron chi connectivity index (χ2n) is 5.54. The number of carbonyl (C=O) groups is 1. The first-order valence-electron chi connectivity index (χ1n) is 6.58. The van der Waals surface area contributed by atoms with Crippen LogP contribution in [0.15, 0.2) is 6.07 Å². The number of anilines is 2. The zero-order valence-corrected chi connectivity index (χ0v) is 12.4. The summed E-state index contributed by atoms with van der Waals surface area (Å²) in [7, 11) is 0. The number of nitrogens with two attached hydrogens (primary N) is 1. The van der Waals surface area contributed by atoms with Gasteiger partial charge in [-0.05, 0) is 6.92 Å². The number of nitrogens with zero attached hydrogens (tertiary/aromatic N) is 2. The van der Waals surface area contributed by atoms with E-state index in [0.29, 0.717) is 17.5 Å². The van der Waals surface area contributed by atoms with Crippen molar-refractivity contribution in [3.8, 4) is 0 Å². The number of amides is 1. The van der Waals surface area contributed by atoms with Crippen molar-refractivity contribution >= 4 is 17.5 Å². The normalized spacial score (nSPS) is 12.8. The highest BCUT2D eigenvalue weighted by molar-refractivity contribution is 5.79. The summed E-state index contributed by atoms with van der Waals surface area (Å²) in [5.41, 5.74) is 4.80. The number of nitrogens with one attached hydrogen (secondary N) is 2. The molecule has 0 fully saturated rings. The van der Waals surface area contributed by atoms with Gasteiger partial charge in [0.15, 0.2) is 0 Å². The average molecular weight is 281 g/mol. The van der Waals surface area contributed by atoms with Crippen LogP contribution in [0.1, 0.15) is 33.5 Å². The molecule has 7 nitrogen and oxygen atoms in total. The highest BCUT2D eigenvalue weighted by Crippen LogP contribution is 2.22. The fourth-order valence-corrected chi connectivity index (χ4v) is 1.45. The Kier molecular flexibility index (Phi) is 5.26. The summed E-state index contributed by atoms with van der Waals surface area (Å²) in [4.78, 5) is 19.6. The Bertz CT molecular complexity index is 470. The molecule has 0 aromatic carbocycles. The molecule has 1 aromatic heterocycles. The Labute approximate surface area is 119 Å². The monoisotopic (exact) mass is 281 g/mol. The molecule has 112 valence electrons. The number of hydrogen-bond acceptors (Lipinski definition) is 6. The molecule has 0 radical (unpaired) electrons. The summed E-state index contributed by atoms with van der Waals surface area (Å²) >= 11 is 0. The van der Waals surface area contributed by atoms with Crippen LogP contribution in [0.4, 0.5) is 11.6 Å². The minimum atomic E-state index is -1.24. The number of aliphatic hydroxyl groups is 1. The van der Waals surface area contributed by atoms with Crippen LogP contribution in [0.25, 0.3) is 0 Å². The Morgan fingerprint density at radius 2 is 1.90 bits per heavy atom. The molecule has 0 aliphatic heterocycles. The van der Waals surface area contributed by atoms with Crippen molar-refractivity contribution in [2.75, 3.05) is 23.7 Å². The largest absolute Gasteiger partial charge is 0.381 e. The van der Waals surface area contributed by atoms with E-state index in [-0.39, 0.29) is 12.0 Å². The third-order valence-electron chi connectivity index (χ3n) is 2.56. The van der Waals surface area contributed by atoms with Crippen LogP contribution in [0, 0.1) is 0 Å². The maximum atomic E-state index is 10.8. The van der Waals surface area contributed by atoms with Gasteiger partial charge >= 0.3 is 0 Å². The van der Waals surface area contributed by atoms with E-state index < -0.39 is 12.0 Å². The first-order chi connectivity index (χ1) is 9.24. The van der Waals surface area contributed by atoms with E-state index in [1.165, 1.54) is 0 Å². The summed E-state index contributed by atoms with van der Waals surface area (Å²) in [6.07, 6.45) is -1.24. The van der Waals surface area contributed by atoms with Gasteiger partial charge in [0.25, 0.3) is 0 Å². The van der Waals surface area contributed by atoms with Crippen LogP contribution in [0.2, 0.25) is 0 Å². The smallest absolute Gasteiger partial charge is 0.248 e. The van der Waals surface area contributed by atoms with Crippen molar-refractivity contribution in [3.05, 3.63) is 11.9 Å². The molecule has 1 unspecified atom stereocenters. The van der Waals surface area contributed by atoms with Gasteiger partial charge in [-0.3, -0.25) is 4.79 Å². The molecule has 0 saturated carbocycles. The zero-order valence-electron chi connectivity index (χ0n) is 12.4. The van der Waals surface area contributed by atoms with Gasteiger partial charge in [-0.15, -0.1) is 0 Å². The molecule has 1 aromatic rings. The van der Waals surface area contributed by atoms with Crippen molar-refractivity contribution in [1.82, 2.24) is 9.97 Å². The van der Waals surface area contributed by atoms with Crippen LogP contribution in [0.5, 0.6) is 0 Å². The minimum Gasteiger partial charge on any atom is -0.381 e. The molecule has 5 N–H and O–H groups in total. The van der Waals surface area contributed by atoms with Gasteiger partial charge in [-0.25, -0.2) is 9.97 Å². The number of aromatic nitrogens is 2. The lowest BCUT2D eigenvalue weighted by atomic mass is 9.96. The fraction of sp³-hybridized carbons (Fsp3) is 0.615. The number of primary amides is 1. The van der Waals surface area contributed by atoms with Crippen molar-refractivity contribution in [2.45, 2.75) is 39.2 Å². The van der Waals surface area contributed by atoms with E-state index in [4.69, 9.17) is 5.73 Å². The topological polar surface area (TPSA) is 113 Å². The second kappa shape index (κ2) is 6.51. The number of aliphatic hydroxyl groups excluding tert-OH is 1. The molecule has 1 rings (SSSR count). The lowest BCUT2D eigenvalue weighted by Gasteiger charge is -2.19. The highest BCUT2D eigenvalue weighted by Gasteiger charge is 2.19. The number of hydrogen-bond donors (Lipinski definition) is 4. The molecular formula is C13H23N5O2. The van der Waals surface area contributed by atoms with Gasteiger partial charge in [-0.1, -0.05) is 20.8 Å². The summed E-state index contributed by atoms with van der Waals surface area (Å²) in [5, 5.41) is 15.4. The average Bonchev–Trinajstić information content (AvgIpc) is 2.35. The Balaban J connectivity index is 2.94. The van der Waals surface area contributed by atoms with Crippen LogP contribution < -0.4 is 16.4 Å². The van der Waals surface area contributed by atoms with E-state index in [1.54, 1.807) is 6.07 Å². The Morgan fingerprint density at radius 1 is 1.35 bits per heavy atom. The van der Waals surface area contributed by atoms with E-state index in [9.17, 15) is 9.90 Å². The van der Waals surface area contributed by atoms with Gasteiger partial charge in [-0.2, -0.15) is 0 Å². The highest BCUT2D eigenvalue weighted by atomic mass is 16.3. The van der Waals surface area contributed by atoms with E-state index >= 15 is 0 Å². The molecule has 7 heteroatoms.